The van der Waals surface area contributed by atoms with Gasteiger partial charge in [-0.25, -0.2) is 4.79 Å². The van der Waals surface area contributed by atoms with Crippen LogP contribution in [0, 0.1) is 0 Å². The Bertz CT molecular complexity index is 340. The van der Waals surface area contributed by atoms with Crippen molar-refractivity contribution in [2.75, 3.05) is 7.05 Å². The predicted molar refractivity (Wildman–Crippen MR) is 63.5 cm³/mol. The molecule has 0 spiro atoms. The van der Waals surface area contributed by atoms with Crippen molar-refractivity contribution < 1.29 is 4.79 Å². The molecule has 2 amide bonds. The summed E-state index contributed by atoms with van der Waals surface area (Å²) in [5.74, 6) is 0. The van der Waals surface area contributed by atoms with E-state index in [0.717, 1.165) is 5.56 Å². The summed E-state index contributed by atoms with van der Waals surface area (Å²) in [7, 11) is 1.54. The van der Waals surface area contributed by atoms with Crippen molar-refractivity contribution in [1.29, 1.82) is 0 Å². The van der Waals surface area contributed by atoms with E-state index in [2.05, 4.69) is 16.0 Å². The minimum atomic E-state index is -0.319. The molecule has 80 valence electrons. The summed E-state index contributed by atoms with van der Waals surface area (Å²) in [6, 6.07) is 9.49. The highest BCUT2D eigenvalue weighted by Crippen LogP contribution is 1.96. The van der Waals surface area contributed by atoms with Crippen LogP contribution in [0.15, 0.2) is 30.3 Å². The molecule has 5 heteroatoms. The molecule has 1 rings (SSSR count). The molecule has 0 heterocycles. The first-order valence-electron chi connectivity index (χ1n) is 4.53. The summed E-state index contributed by atoms with van der Waals surface area (Å²) < 4.78 is 0. The van der Waals surface area contributed by atoms with Gasteiger partial charge in [0.15, 0.2) is 5.11 Å². The van der Waals surface area contributed by atoms with Crippen molar-refractivity contribution in [3.8, 4) is 0 Å². The first kappa shape index (κ1) is 11.5. The van der Waals surface area contributed by atoms with Crippen LogP contribution in [0.3, 0.4) is 0 Å². The quantitative estimate of drug-likeness (QED) is 0.655. The molecular weight excluding hydrogens is 210 g/mol. The van der Waals surface area contributed by atoms with E-state index in [1.807, 2.05) is 30.3 Å². The molecule has 0 saturated carbocycles. The van der Waals surface area contributed by atoms with Crippen LogP contribution in [0.1, 0.15) is 5.56 Å². The smallest absolute Gasteiger partial charge is 0.320 e. The van der Waals surface area contributed by atoms with Gasteiger partial charge in [0.1, 0.15) is 0 Å². The molecule has 0 aliphatic rings. The highest BCUT2D eigenvalue weighted by molar-refractivity contribution is 7.80. The Morgan fingerprint density at radius 3 is 2.60 bits per heavy atom. The van der Waals surface area contributed by atoms with Crippen LogP contribution in [-0.4, -0.2) is 18.2 Å². The van der Waals surface area contributed by atoms with Gasteiger partial charge < -0.3 is 10.6 Å². The summed E-state index contributed by atoms with van der Waals surface area (Å²) in [5.41, 5.74) is 1.11. The molecule has 0 fully saturated rings. The number of benzene rings is 1. The monoisotopic (exact) mass is 223 g/mol. The number of amides is 2. The molecule has 0 aromatic heterocycles. The van der Waals surface area contributed by atoms with Gasteiger partial charge in [-0.15, -0.1) is 0 Å². The zero-order valence-electron chi connectivity index (χ0n) is 8.41. The van der Waals surface area contributed by atoms with Crippen LogP contribution >= 0.6 is 12.2 Å². The number of urea groups is 1. The zero-order chi connectivity index (χ0) is 11.1. The van der Waals surface area contributed by atoms with E-state index >= 15 is 0 Å². The first-order chi connectivity index (χ1) is 7.22. The van der Waals surface area contributed by atoms with Crippen molar-refractivity contribution in [2.24, 2.45) is 0 Å². The zero-order valence-corrected chi connectivity index (χ0v) is 9.23. The summed E-state index contributed by atoms with van der Waals surface area (Å²) in [5, 5.41) is 8.13. The lowest BCUT2D eigenvalue weighted by Crippen LogP contribution is -2.43. The molecule has 0 unspecified atom stereocenters. The lowest BCUT2D eigenvalue weighted by Gasteiger charge is -2.08. The van der Waals surface area contributed by atoms with Crippen LogP contribution in [0.2, 0.25) is 0 Å². The number of rotatable bonds is 2. The van der Waals surface area contributed by atoms with E-state index in [1.54, 1.807) is 0 Å². The van der Waals surface area contributed by atoms with Gasteiger partial charge in [-0.3, -0.25) is 5.32 Å². The maximum Gasteiger partial charge on any atom is 0.320 e. The third kappa shape index (κ3) is 4.42. The number of nitrogens with one attached hydrogen (secondary N) is 3. The van der Waals surface area contributed by atoms with Crippen LogP contribution in [0.25, 0.3) is 0 Å². The third-order valence-electron chi connectivity index (χ3n) is 1.75. The van der Waals surface area contributed by atoms with Crippen LogP contribution < -0.4 is 16.0 Å². The number of carbonyl (C=O) groups excluding carboxylic acids is 1. The molecule has 0 radical (unpaired) electrons. The van der Waals surface area contributed by atoms with E-state index in [-0.39, 0.29) is 6.03 Å². The van der Waals surface area contributed by atoms with Gasteiger partial charge in [0.05, 0.1) is 0 Å². The Morgan fingerprint density at radius 1 is 1.33 bits per heavy atom. The van der Waals surface area contributed by atoms with Gasteiger partial charge in [-0.05, 0) is 17.8 Å². The second kappa shape index (κ2) is 5.98. The van der Waals surface area contributed by atoms with E-state index < -0.39 is 0 Å². The molecule has 0 aliphatic carbocycles. The van der Waals surface area contributed by atoms with Gasteiger partial charge in [0.25, 0.3) is 0 Å². The number of hydrogen-bond acceptors (Lipinski definition) is 2. The summed E-state index contributed by atoms with van der Waals surface area (Å²) in [6.45, 7) is 0.601. The fraction of sp³-hybridized carbons (Fsp3) is 0.200. The lowest BCUT2D eigenvalue weighted by molar-refractivity contribution is 0.247. The Balaban J connectivity index is 2.32. The van der Waals surface area contributed by atoms with E-state index in [4.69, 9.17) is 12.2 Å². The van der Waals surface area contributed by atoms with E-state index in [9.17, 15) is 4.79 Å². The molecule has 4 nitrogen and oxygen atoms in total. The van der Waals surface area contributed by atoms with E-state index in [1.165, 1.54) is 7.05 Å². The average molecular weight is 223 g/mol. The highest BCUT2D eigenvalue weighted by atomic mass is 32.1. The molecule has 3 N–H and O–H groups in total. The Morgan fingerprint density at radius 2 is 2.00 bits per heavy atom. The Kier molecular flexibility index (Phi) is 4.56. The average Bonchev–Trinajstić information content (AvgIpc) is 2.27. The lowest BCUT2D eigenvalue weighted by atomic mass is 10.2. The maximum absolute atomic E-state index is 10.9. The largest absolute Gasteiger partial charge is 0.358 e. The molecule has 15 heavy (non-hydrogen) atoms. The molecule has 0 aliphatic heterocycles. The molecule has 0 bridgehead atoms. The van der Waals surface area contributed by atoms with Gasteiger partial charge in [-0.1, -0.05) is 30.3 Å². The van der Waals surface area contributed by atoms with Gasteiger partial charge in [0.2, 0.25) is 0 Å². The molecule has 1 aromatic carbocycles. The number of carbonyl (C=O) groups is 1. The standard InChI is InChI=1S/C10H13N3OS/c1-11-9(14)13-10(15)12-7-8-5-3-2-4-6-8/h2-6H,7H2,1H3,(H3,11,12,13,14,15). The van der Waals surface area contributed by atoms with Crippen LogP contribution in [-0.2, 0) is 6.54 Å². The normalized spacial score (nSPS) is 9.13. The fourth-order valence-electron chi connectivity index (χ4n) is 0.988. The van der Waals surface area contributed by atoms with Crippen LogP contribution in [0.4, 0.5) is 4.79 Å². The molecule has 1 aromatic rings. The van der Waals surface area contributed by atoms with E-state index in [0.29, 0.717) is 11.7 Å². The minimum Gasteiger partial charge on any atom is -0.358 e. The Hall–Kier alpha value is -1.62. The SMILES string of the molecule is CNC(=O)NC(=S)NCc1ccccc1. The highest BCUT2D eigenvalue weighted by Gasteiger charge is 2.00. The second-order valence-electron chi connectivity index (χ2n) is 2.87. The van der Waals surface area contributed by atoms with Crippen molar-refractivity contribution in [3.63, 3.8) is 0 Å². The van der Waals surface area contributed by atoms with Crippen molar-refractivity contribution in [2.45, 2.75) is 6.54 Å². The van der Waals surface area contributed by atoms with Crippen LogP contribution in [0.5, 0.6) is 0 Å². The minimum absolute atomic E-state index is 0.318. The maximum atomic E-state index is 10.9. The summed E-state index contributed by atoms with van der Waals surface area (Å²) in [6.07, 6.45) is 0. The number of thiocarbonyl (C=S) groups is 1. The second-order valence-corrected chi connectivity index (χ2v) is 3.28. The van der Waals surface area contributed by atoms with Crippen molar-refractivity contribution >= 4 is 23.4 Å². The van der Waals surface area contributed by atoms with Gasteiger partial charge >= 0.3 is 6.03 Å². The number of hydrogen-bond donors (Lipinski definition) is 3. The molecule has 0 saturated heterocycles. The summed E-state index contributed by atoms with van der Waals surface area (Å²) in [4.78, 5) is 10.9. The van der Waals surface area contributed by atoms with Crippen molar-refractivity contribution in [1.82, 2.24) is 16.0 Å². The molecule has 0 atom stereocenters. The first-order valence-corrected chi connectivity index (χ1v) is 4.93. The third-order valence-corrected chi connectivity index (χ3v) is 2.00. The van der Waals surface area contributed by atoms with Crippen molar-refractivity contribution in [3.05, 3.63) is 35.9 Å². The molecular formula is C10H13N3OS. The summed E-state index contributed by atoms with van der Waals surface area (Å²) >= 11 is 4.91. The Labute approximate surface area is 94.1 Å². The predicted octanol–water partition coefficient (Wildman–Crippen LogP) is 0.990. The fourth-order valence-corrected chi connectivity index (χ4v) is 1.15. The van der Waals surface area contributed by atoms with Gasteiger partial charge in [0, 0.05) is 13.6 Å². The van der Waals surface area contributed by atoms with Gasteiger partial charge in [-0.2, -0.15) is 0 Å². The topological polar surface area (TPSA) is 53.2 Å².